The average molecular weight is 348 g/mol. The van der Waals surface area contributed by atoms with Crippen LogP contribution in [-0.2, 0) is 4.74 Å². The molecule has 0 bridgehead atoms. The van der Waals surface area contributed by atoms with Gasteiger partial charge in [0.2, 0.25) is 0 Å². The molecule has 0 aromatic rings. The Morgan fingerprint density at radius 1 is 1.04 bits per heavy atom. The number of rotatable bonds is 5. The van der Waals surface area contributed by atoms with Crippen LogP contribution in [-0.4, -0.2) is 48.5 Å². The number of aliphatic hydroxyl groups excluding tert-OH is 1. The van der Waals surface area contributed by atoms with E-state index in [4.69, 9.17) is 4.74 Å². The van der Waals surface area contributed by atoms with Gasteiger partial charge in [-0.05, 0) is 68.9 Å². The molecule has 23 heavy (non-hydrogen) atoms. The maximum atomic E-state index is 10.2. The highest BCUT2D eigenvalue weighted by molar-refractivity contribution is 5.85. The van der Waals surface area contributed by atoms with Gasteiger partial charge < -0.3 is 14.7 Å². The highest BCUT2D eigenvalue weighted by atomic mass is 35.5. The average Bonchev–Trinajstić information content (AvgIpc) is 2.47. The Kier molecular flexibility index (Phi) is 8.85. The summed E-state index contributed by atoms with van der Waals surface area (Å²) in [6.45, 7) is 12.9. The number of aliphatic hydroxyl groups is 1. The molecule has 1 N–H and O–H groups in total. The summed E-state index contributed by atoms with van der Waals surface area (Å²) < 4.78 is 5.99. The van der Waals surface area contributed by atoms with Gasteiger partial charge in [0.15, 0.2) is 0 Å². The van der Waals surface area contributed by atoms with E-state index < -0.39 is 0 Å². The number of hydrogen-bond donors (Lipinski definition) is 1. The van der Waals surface area contributed by atoms with Crippen molar-refractivity contribution in [2.45, 2.75) is 78.4 Å². The zero-order valence-corrected chi connectivity index (χ0v) is 16.4. The lowest BCUT2D eigenvalue weighted by atomic mass is 9.72. The van der Waals surface area contributed by atoms with Crippen molar-refractivity contribution in [3.05, 3.63) is 0 Å². The summed E-state index contributed by atoms with van der Waals surface area (Å²) in [5.41, 5.74) is 0.426. The number of piperidine rings is 1. The van der Waals surface area contributed by atoms with Gasteiger partial charge in [0.05, 0.1) is 18.8 Å². The normalized spacial score (nSPS) is 29.1. The molecule has 2 aliphatic rings. The molecule has 1 saturated carbocycles. The number of ether oxygens (including phenoxy) is 1. The topological polar surface area (TPSA) is 32.7 Å². The molecule has 138 valence electrons. The Balaban J connectivity index is 0.00000264. The lowest BCUT2D eigenvalue weighted by Gasteiger charge is -2.37. The number of nitrogens with zero attached hydrogens (tertiary/aromatic N) is 1. The minimum absolute atomic E-state index is 0. The fourth-order valence-corrected chi connectivity index (χ4v) is 3.94. The van der Waals surface area contributed by atoms with Crippen molar-refractivity contribution in [2.75, 3.05) is 26.2 Å². The summed E-state index contributed by atoms with van der Waals surface area (Å²) >= 11 is 0. The van der Waals surface area contributed by atoms with Crippen LogP contribution in [0.4, 0.5) is 0 Å². The monoisotopic (exact) mass is 347 g/mol. The van der Waals surface area contributed by atoms with Gasteiger partial charge in [0.25, 0.3) is 0 Å². The summed E-state index contributed by atoms with van der Waals surface area (Å²) in [7, 11) is 0. The molecule has 2 fully saturated rings. The Morgan fingerprint density at radius 3 is 2.13 bits per heavy atom. The molecule has 1 unspecified atom stereocenters. The van der Waals surface area contributed by atoms with Crippen molar-refractivity contribution in [1.29, 1.82) is 0 Å². The molecule has 1 aliphatic carbocycles. The Hall–Kier alpha value is 0.170. The van der Waals surface area contributed by atoms with Gasteiger partial charge in [-0.25, -0.2) is 0 Å². The maximum absolute atomic E-state index is 10.2. The first kappa shape index (κ1) is 21.2. The molecule has 1 atom stereocenters. The molecule has 0 amide bonds. The molecule has 0 radical (unpaired) electrons. The van der Waals surface area contributed by atoms with E-state index in [1.54, 1.807) is 0 Å². The van der Waals surface area contributed by atoms with Gasteiger partial charge in [0.1, 0.15) is 0 Å². The highest BCUT2D eigenvalue weighted by Gasteiger charge is 2.30. The van der Waals surface area contributed by atoms with Crippen molar-refractivity contribution in [2.24, 2.45) is 17.3 Å². The summed E-state index contributed by atoms with van der Waals surface area (Å²) in [6.07, 6.45) is 7.45. The van der Waals surface area contributed by atoms with Crippen molar-refractivity contribution in [3.63, 3.8) is 0 Å². The Labute approximate surface area is 149 Å². The minimum Gasteiger partial charge on any atom is -0.389 e. The quantitative estimate of drug-likeness (QED) is 0.811. The van der Waals surface area contributed by atoms with Gasteiger partial charge in [0, 0.05) is 6.54 Å². The van der Waals surface area contributed by atoms with E-state index in [1.165, 1.54) is 25.7 Å². The van der Waals surface area contributed by atoms with Crippen LogP contribution in [0, 0.1) is 17.3 Å². The molecule has 1 aliphatic heterocycles. The van der Waals surface area contributed by atoms with Gasteiger partial charge in [-0.15, -0.1) is 12.4 Å². The summed E-state index contributed by atoms with van der Waals surface area (Å²) in [6, 6.07) is 0. The van der Waals surface area contributed by atoms with Crippen LogP contribution in [0.3, 0.4) is 0 Å². The Morgan fingerprint density at radius 2 is 1.61 bits per heavy atom. The van der Waals surface area contributed by atoms with Crippen molar-refractivity contribution >= 4 is 12.4 Å². The van der Waals surface area contributed by atoms with Crippen LogP contribution in [0.1, 0.15) is 66.2 Å². The van der Waals surface area contributed by atoms with E-state index in [0.29, 0.717) is 18.1 Å². The smallest absolute Gasteiger partial charge is 0.0900 e. The molecular formula is C19H38ClNO2. The van der Waals surface area contributed by atoms with Gasteiger partial charge in [-0.3, -0.25) is 0 Å². The lowest BCUT2D eigenvalue weighted by Crippen LogP contribution is -2.40. The zero-order valence-electron chi connectivity index (χ0n) is 15.6. The second kappa shape index (κ2) is 9.60. The standard InChI is InChI=1S/C19H37NO2.ClH/c1-15-9-11-20(12-10-15)13-17(21)14-22-18-7-5-16(6-8-18)19(2,3)4;/h15-18,21H,5-14H2,1-4H3;1H. The van der Waals surface area contributed by atoms with E-state index in [9.17, 15) is 5.11 Å². The minimum atomic E-state index is -0.325. The third-order valence-electron chi connectivity index (χ3n) is 5.77. The van der Waals surface area contributed by atoms with Gasteiger partial charge in [-0.1, -0.05) is 27.7 Å². The predicted molar refractivity (Wildman–Crippen MR) is 99.2 cm³/mol. The second-order valence-electron chi connectivity index (χ2n) is 8.81. The molecular weight excluding hydrogens is 310 g/mol. The van der Waals surface area contributed by atoms with Crippen molar-refractivity contribution in [1.82, 2.24) is 4.90 Å². The second-order valence-corrected chi connectivity index (χ2v) is 8.81. The molecule has 4 heteroatoms. The third-order valence-corrected chi connectivity index (χ3v) is 5.77. The first-order valence-corrected chi connectivity index (χ1v) is 9.36. The van der Waals surface area contributed by atoms with Crippen LogP contribution in [0.15, 0.2) is 0 Å². The van der Waals surface area contributed by atoms with Crippen LogP contribution in [0.25, 0.3) is 0 Å². The molecule has 3 nitrogen and oxygen atoms in total. The van der Waals surface area contributed by atoms with Crippen LogP contribution in [0.2, 0.25) is 0 Å². The van der Waals surface area contributed by atoms with Crippen molar-refractivity contribution < 1.29 is 9.84 Å². The maximum Gasteiger partial charge on any atom is 0.0900 e. The largest absolute Gasteiger partial charge is 0.389 e. The summed E-state index contributed by atoms with van der Waals surface area (Å²) in [5.74, 6) is 1.68. The van der Waals surface area contributed by atoms with E-state index in [2.05, 4.69) is 32.6 Å². The first-order chi connectivity index (χ1) is 10.3. The van der Waals surface area contributed by atoms with E-state index in [1.807, 2.05) is 0 Å². The van der Waals surface area contributed by atoms with Crippen LogP contribution in [0.5, 0.6) is 0 Å². The highest BCUT2D eigenvalue weighted by Crippen LogP contribution is 2.38. The van der Waals surface area contributed by atoms with E-state index >= 15 is 0 Å². The van der Waals surface area contributed by atoms with Crippen LogP contribution < -0.4 is 0 Å². The van der Waals surface area contributed by atoms with E-state index in [-0.39, 0.29) is 18.5 Å². The van der Waals surface area contributed by atoms with Gasteiger partial charge >= 0.3 is 0 Å². The number of β-amino-alcohol motifs (C(OH)–C–C–N with tert-alkyl or cyclic N) is 1. The zero-order chi connectivity index (χ0) is 16.2. The fourth-order valence-electron chi connectivity index (χ4n) is 3.94. The van der Waals surface area contributed by atoms with Crippen molar-refractivity contribution in [3.8, 4) is 0 Å². The molecule has 0 aromatic carbocycles. The number of likely N-dealkylation sites (tertiary alicyclic amines) is 1. The first-order valence-electron chi connectivity index (χ1n) is 9.36. The molecule has 0 spiro atoms. The lowest BCUT2D eigenvalue weighted by molar-refractivity contribution is -0.0461. The van der Waals surface area contributed by atoms with Crippen LogP contribution >= 0.6 is 12.4 Å². The fraction of sp³-hybridized carbons (Fsp3) is 1.00. The van der Waals surface area contributed by atoms with Gasteiger partial charge in [-0.2, -0.15) is 0 Å². The molecule has 0 aromatic heterocycles. The molecule has 1 saturated heterocycles. The predicted octanol–water partition coefficient (Wildman–Crippen LogP) is 4.12. The summed E-state index contributed by atoms with van der Waals surface area (Å²) in [4.78, 5) is 2.39. The number of hydrogen-bond acceptors (Lipinski definition) is 3. The summed E-state index contributed by atoms with van der Waals surface area (Å²) in [5, 5.41) is 10.2. The Bertz CT molecular complexity index is 316. The number of halogens is 1. The van der Waals surface area contributed by atoms with E-state index in [0.717, 1.165) is 44.3 Å². The molecule has 1 heterocycles. The third kappa shape index (κ3) is 7.29. The molecule has 2 rings (SSSR count). The SMILES string of the molecule is CC1CCN(CC(O)COC2CCC(C(C)(C)C)CC2)CC1.Cl.